The SMILES string of the molecule is O=C(OCC(COC(=O)c1ccc(OCCCCC(F)(F)C(F)(F)C(F)(F)C(F)(F)C(F)(F)C(F)(F)F)cc1)(COC(=O)c1ccc(OCCCCC(F)(F)C(F)(F)C(F)(F)C(F)(F)C(F)(F)C(F)(F)F)cc1)COC(=O)c1ccc(OCCCCC(F)(F)C(F)(F)C(F)(F)C(F)(F)C(F)(F)C(F)(F)F)cc1)c1ccc(OCCCCC(F)(F)C(F)(F)C(F)(F)C(F)(F)C(F)(F)C(F)(F)F)cc1. The quantitative estimate of drug-likeness (QED) is 0.0180. The zero-order valence-electron chi connectivity index (χ0n) is 66.4. The van der Waals surface area contributed by atoms with Gasteiger partial charge in [-0.05, 0) is 148 Å². The lowest BCUT2D eigenvalue weighted by atomic mass is 9.92. The maximum atomic E-state index is 14.4. The molecule has 0 N–H and O–H groups in total. The zero-order valence-corrected chi connectivity index (χ0v) is 66.4. The maximum absolute atomic E-state index is 14.4. The third-order valence-corrected chi connectivity index (χ3v) is 19.0. The lowest BCUT2D eigenvalue weighted by Crippen LogP contribution is -2.70. The fourth-order valence-corrected chi connectivity index (χ4v) is 10.6. The molecule has 64 heteroatoms. The van der Waals surface area contributed by atoms with Gasteiger partial charge in [-0.1, -0.05) is 0 Å². The third-order valence-electron chi connectivity index (χ3n) is 19.0. The van der Waals surface area contributed by atoms with Crippen molar-refractivity contribution in [3.05, 3.63) is 119 Å². The van der Waals surface area contributed by atoms with E-state index in [1.165, 1.54) is 0 Å². The summed E-state index contributed by atoms with van der Waals surface area (Å²) in [7, 11) is 0. The molecule has 784 valence electrons. The highest BCUT2D eigenvalue weighted by Crippen LogP contribution is 2.66. The van der Waals surface area contributed by atoms with Gasteiger partial charge in [0.1, 0.15) is 54.8 Å². The van der Waals surface area contributed by atoms with Crippen molar-refractivity contribution in [1.29, 1.82) is 0 Å². The Bertz CT molecular complexity index is 4060. The highest BCUT2D eigenvalue weighted by molar-refractivity contribution is 5.91. The van der Waals surface area contributed by atoms with Crippen LogP contribution in [0.1, 0.15) is 118 Å². The molecule has 0 amide bonds. The van der Waals surface area contributed by atoms with Crippen LogP contribution in [0.15, 0.2) is 97.1 Å². The van der Waals surface area contributed by atoms with E-state index in [0.717, 1.165) is 48.5 Å². The number of hydrogen-bond acceptors (Lipinski definition) is 12. The first-order valence-electron chi connectivity index (χ1n) is 36.7. The number of unbranched alkanes of at least 4 members (excludes halogenated alkanes) is 4. The van der Waals surface area contributed by atoms with E-state index >= 15 is 0 Å². The van der Waals surface area contributed by atoms with Gasteiger partial charge in [-0.25, -0.2) is 19.2 Å². The number of rotatable bonds is 52. The molecular formula is C73H56F52O12. The normalized spacial score (nSPS) is 14.7. The third kappa shape index (κ3) is 23.8. The summed E-state index contributed by atoms with van der Waals surface area (Å²) in [6.45, 7) is -10.1. The molecule has 0 heterocycles. The Morgan fingerprint density at radius 1 is 0.175 bits per heavy atom. The van der Waals surface area contributed by atoms with Gasteiger partial charge in [0, 0.05) is 25.7 Å². The predicted octanol–water partition coefficient (Wildman–Crippen LogP) is 26.6. The molecule has 4 aromatic carbocycles. The van der Waals surface area contributed by atoms with Gasteiger partial charge in [-0.3, -0.25) is 0 Å². The average Bonchev–Trinajstić information content (AvgIpc) is 0.723. The van der Waals surface area contributed by atoms with Crippen LogP contribution < -0.4 is 18.9 Å². The van der Waals surface area contributed by atoms with Gasteiger partial charge < -0.3 is 37.9 Å². The number of benzene rings is 4. The van der Waals surface area contributed by atoms with E-state index in [4.69, 9.17) is 37.9 Å². The first-order chi connectivity index (χ1) is 61.3. The molecule has 137 heavy (non-hydrogen) atoms. The predicted molar refractivity (Wildman–Crippen MR) is 350 cm³/mol. The van der Waals surface area contributed by atoms with Crippen LogP contribution >= 0.6 is 0 Å². The molecule has 0 saturated heterocycles. The monoisotopic (exact) mass is 2110 g/mol. The van der Waals surface area contributed by atoms with E-state index in [9.17, 15) is 247 Å². The Kier molecular flexibility index (Phi) is 35.7. The van der Waals surface area contributed by atoms with Crippen molar-refractivity contribution >= 4 is 23.9 Å². The molecule has 4 aromatic rings. The molecule has 0 aromatic heterocycles. The van der Waals surface area contributed by atoms with E-state index in [-0.39, 0.29) is 0 Å². The molecule has 0 aliphatic heterocycles. The molecular weight excluding hydrogens is 2060 g/mol. The van der Waals surface area contributed by atoms with Crippen molar-refractivity contribution in [3.63, 3.8) is 0 Å². The Hall–Kier alpha value is -9.68. The Morgan fingerprint density at radius 2 is 0.307 bits per heavy atom. The van der Waals surface area contributed by atoms with Crippen LogP contribution in [0.3, 0.4) is 0 Å². The van der Waals surface area contributed by atoms with Crippen molar-refractivity contribution in [2.75, 3.05) is 52.9 Å². The Labute approximate surface area is 729 Å². The summed E-state index contributed by atoms with van der Waals surface area (Å²) in [6, 6.07) is 11.2. The molecule has 4 rings (SSSR count). The summed E-state index contributed by atoms with van der Waals surface area (Å²) in [5, 5.41) is 0. The molecule has 0 radical (unpaired) electrons. The van der Waals surface area contributed by atoms with Gasteiger partial charge in [0.05, 0.1) is 48.7 Å². The summed E-state index contributed by atoms with van der Waals surface area (Å²) in [5.74, 6) is -163. The second-order valence-corrected chi connectivity index (χ2v) is 29.1. The van der Waals surface area contributed by atoms with Crippen molar-refractivity contribution in [1.82, 2.24) is 0 Å². The van der Waals surface area contributed by atoms with Crippen LogP contribution in [0.25, 0.3) is 0 Å². The van der Waals surface area contributed by atoms with E-state index < -0.39 is 348 Å². The van der Waals surface area contributed by atoms with Gasteiger partial charge in [-0.2, -0.15) is 228 Å². The van der Waals surface area contributed by atoms with Gasteiger partial charge in [-0.15, -0.1) is 0 Å². The van der Waals surface area contributed by atoms with Crippen molar-refractivity contribution in [2.45, 2.75) is 220 Å². The fraction of sp³-hybridized carbons (Fsp3) is 0.616. The van der Waals surface area contributed by atoms with E-state index in [0.29, 0.717) is 48.5 Å². The Morgan fingerprint density at radius 3 is 0.438 bits per heavy atom. The fourth-order valence-electron chi connectivity index (χ4n) is 10.6. The van der Waals surface area contributed by atoms with E-state index in [2.05, 4.69) is 0 Å². The van der Waals surface area contributed by atoms with Crippen LogP contribution in [-0.4, -0.2) is 220 Å². The summed E-state index contributed by atoms with van der Waals surface area (Å²) in [4.78, 5) is 55.2. The lowest BCUT2D eigenvalue weighted by molar-refractivity contribution is -0.440. The first kappa shape index (κ1) is 120. The minimum atomic E-state index is -8.23. The first-order valence-corrected chi connectivity index (χ1v) is 36.7. The molecule has 0 unspecified atom stereocenters. The number of ether oxygens (including phenoxy) is 8. The second-order valence-electron chi connectivity index (χ2n) is 29.1. The summed E-state index contributed by atoms with van der Waals surface area (Å²) in [6.07, 6.45) is -51.9. The van der Waals surface area contributed by atoms with Crippen LogP contribution in [0.5, 0.6) is 23.0 Å². The zero-order chi connectivity index (χ0) is 107. The average molecular weight is 2110 g/mol. The van der Waals surface area contributed by atoms with Gasteiger partial charge in [0.2, 0.25) is 0 Å². The van der Waals surface area contributed by atoms with Gasteiger partial charge in [0.15, 0.2) is 0 Å². The highest BCUT2D eigenvalue weighted by atomic mass is 19.5. The Balaban J connectivity index is 1.70. The molecule has 0 aliphatic carbocycles. The smallest absolute Gasteiger partial charge is 0.460 e. The summed E-state index contributed by atoms with van der Waals surface area (Å²) < 4.78 is 749. The molecule has 12 nitrogen and oxygen atoms in total. The van der Waals surface area contributed by atoms with Crippen molar-refractivity contribution in [2.24, 2.45) is 5.41 Å². The summed E-state index contributed by atoms with van der Waals surface area (Å²) >= 11 is 0. The minimum absolute atomic E-state index is 0.532. The molecule has 0 aliphatic rings. The minimum Gasteiger partial charge on any atom is -0.494 e. The van der Waals surface area contributed by atoms with Crippen LogP contribution in [0, 0.1) is 5.41 Å². The van der Waals surface area contributed by atoms with Crippen molar-refractivity contribution < 1.29 is 285 Å². The number of halogens is 52. The van der Waals surface area contributed by atoms with E-state index in [1.807, 2.05) is 0 Å². The second kappa shape index (κ2) is 40.9. The van der Waals surface area contributed by atoms with Crippen LogP contribution in [0.2, 0.25) is 0 Å². The standard InChI is InChI=1S/C73H56F52O12/c74-50(75,54(82,83)58(90,91)62(98,99)66(106,107)70(114,115)116)25-1-5-29-130-41-17-9-37(10-18-41)45(126)134-33-49(34-135-46(127)38-11-19-42(20-12-38)131-30-6-2-26-51(76,77)55(84,85)59(92,93)63(100,101)67(108,109)71(117,118)119,35-136-47(128)39-13-21-43(22-14-39)132-31-7-3-27-52(78,79)56(86,87)60(94,95)64(102,103)68(110,111)72(120,121)122)36-137-48(129)40-15-23-44(24-16-40)133-32-8-4-28-53(80,81)57(88,89)61(96,97)65(104,105)69(112,113)73(123,124)125/h9-24H,1-8,25-36H2. The number of hydrogen-bond donors (Lipinski definition) is 0. The lowest BCUT2D eigenvalue weighted by Gasteiger charge is -2.39. The van der Waals surface area contributed by atoms with Gasteiger partial charge in [0.25, 0.3) is 0 Å². The molecule has 0 saturated carbocycles. The largest absolute Gasteiger partial charge is 0.494 e. The molecule has 0 bridgehead atoms. The van der Waals surface area contributed by atoms with E-state index in [1.54, 1.807) is 0 Å². The van der Waals surface area contributed by atoms with Crippen LogP contribution in [-0.2, 0) is 18.9 Å². The number of alkyl halides is 52. The van der Waals surface area contributed by atoms with Gasteiger partial charge >= 0.3 is 167 Å². The molecule has 0 atom stereocenters. The maximum Gasteiger partial charge on any atom is 0.460 e. The number of carbonyl (C=O) groups excluding carboxylic acids is 4. The number of esters is 4. The highest BCUT2D eigenvalue weighted by Gasteiger charge is 2.95. The van der Waals surface area contributed by atoms with Crippen LogP contribution in [0.4, 0.5) is 228 Å². The topological polar surface area (TPSA) is 142 Å². The molecule has 0 fully saturated rings. The molecule has 0 spiro atoms. The van der Waals surface area contributed by atoms with Crippen molar-refractivity contribution in [3.8, 4) is 23.0 Å². The summed E-state index contributed by atoms with van der Waals surface area (Å²) in [5.41, 5.74) is -5.60. The number of carbonyl (C=O) groups is 4.